The Kier molecular flexibility index (Phi) is 6.19. The first-order valence-electron chi connectivity index (χ1n) is 6.55. The van der Waals surface area contributed by atoms with Crippen molar-refractivity contribution >= 4 is 11.8 Å². The van der Waals surface area contributed by atoms with E-state index < -0.39 is 0 Å². The summed E-state index contributed by atoms with van der Waals surface area (Å²) in [6.45, 7) is 5.24. The van der Waals surface area contributed by atoms with Gasteiger partial charge in [0.1, 0.15) is 0 Å². The number of nitrogens with zero attached hydrogens (tertiary/aromatic N) is 1. The van der Waals surface area contributed by atoms with Crippen LogP contribution in [0.1, 0.15) is 25.8 Å². The number of likely N-dealkylation sites (N-methyl/N-ethyl adjacent to an activating group) is 1. The minimum atomic E-state index is -0.290. The number of thioether (sulfide) groups is 1. The Morgan fingerprint density at radius 1 is 1.33 bits per heavy atom. The van der Waals surface area contributed by atoms with Crippen molar-refractivity contribution in [1.82, 2.24) is 4.90 Å². The molecule has 2 nitrogen and oxygen atoms in total. The molecule has 2 atom stereocenters. The highest BCUT2D eigenvalue weighted by Gasteiger charge is 2.25. The summed E-state index contributed by atoms with van der Waals surface area (Å²) in [6, 6.07) is 11.0. The highest BCUT2D eigenvalue weighted by molar-refractivity contribution is 7.98. The molecule has 0 aliphatic heterocycles. The molecule has 0 radical (unpaired) electrons. The van der Waals surface area contributed by atoms with Crippen LogP contribution in [-0.4, -0.2) is 36.5 Å². The minimum Gasteiger partial charge on any atom is -0.321 e. The van der Waals surface area contributed by atoms with Gasteiger partial charge in [-0.1, -0.05) is 37.3 Å². The fourth-order valence-electron chi connectivity index (χ4n) is 2.31. The second-order valence-electron chi connectivity index (χ2n) is 5.22. The number of hydrogen-bond donors (Lipinski definition) is 1. The Morgan fingerprint density at radius 3 is 2.44 bits per heavy atom. The van der Waals surface area contributed by atoms with Crippen molar-refractivity contribution in [2.75, 3.05) is 25.6 Å². The summed E-state index contributed by atoms with van der Waals surface area (Å²) >= 11 is 1.90. The van der Waals surface area contributed by atoms with Gasteiger partial charge >= 0.3 is 0 Å². The number of benzene rings is 1. The van der Waals surface area contributed by atoms with E-state index in [4.69, 9.17) is 5.73 Å². The summed E-state index contributed by atoms with van der Waals surface area (Å²) in [7, 11) is 2.18. The molecule has 0 fully saturated rings. The van der Waals surface area contributed by atoms with Crippen LogP contribution in [0.15, 0.2) is 30.3 Å². The van der Waals surface area contributed by atoms with Gasteiger partial charge in [-0.25, -0.2) is 0 Å². The summed E-state index contributed by atoms with van der Waals surface area (Å²) in [5.74, 6) is 1.16. The van der Waals surface area contributed by atoms with E-state index in [0.29, 0.717) is 6.04 Å². The average molecular weight is 266 g/mol. The Hall–Kier alpha value is -0.510. The van der Waals surface area contributed by atoms with Gasteiger partial charge in [0.2, 0.25) is 0 Å². The predicted octanol–water partition coefficient (Wildman–Crippen LogP) is 2.93. The van der Waals surface area contributed by atoms with Crippen LogP contribution in [0.5, 0.6) is 0 Å². The minimum absolute atomic E-state index is 0.290. The van der Waals surface area contributed by atoms with Gasteiger partial charge in [0.25, 0.3) is 0 Å². The fraction of sp³-hybridized carbons (Fsp3) is 0.600. The summed E-state index contributed by atoms with van der Waals surface area (Å²) in [4.78, 5) is 2.39. The van der Waals surface area contributed by atoms with Gasteiger partial charge in [0.05, 0.1) is 5.54 Å². The third-order valence-corrected chi connectivity index (χ3v) is 4.18. The molecule has 3 heteroatoms. The Labute approximate surface area is 116 Å². The zero-order chi connectivity index (χ0) is 13.6. The quantitative estimate of drug-likeness (QED) is 0.823. The molecule has 0 bridgehead atoms. The number of rotatable bonds is 7. The van der Waals surface area contributed by atoms with E-state index in [2.05, 4.69) is 56.3 Å². The Morgan fingerprint density at radius 2 is 1.94 bits per heavy atom. The van der Waals surface area contributed by atoms with Gasteiger partial charge in [-0.15, -0.1) is 0 Å². The maximum Gasteiger partial charge on any atom is 0.0509 e. The molecular formula is C15H26N2S. The maximum atomic E-state index is 6.48. The van der Waals surface area contributed by atoms with Crippen molar-refractivity contribution in [1.29, 1.82) is 0 Å². The summed E-state index contributed by atoms with van der Waals surface area (Å²) in [5.41, 5.74) is 7.39. The lowest BCUT2D eigenvalue weighted by Gasteiger charge is -2.35. The van der Waals surface area contributed by atoms with Crippen LogP contribution in [0.4, 0.5) is 0 Å². The van der Waals surface area contributed by atoms with Crippen LogP contribution < -0.4 is 5.73 Å². The van der Waals surface area contributed by atoms with Crippen LogP contribution in [0.25, 0.3) is 0 Å². The molecule has 0 heterocycles. The van der Waals surface area contributed by atoms with Gasteiger partial charge in [-0.05, 0) is 32.2 Å². The Bertz CT molecular complexity index is 338. The van der Waals surface area contributed by atoms with Gasteiger partial charge in [0.15, 0.2) is 0 Å². The smallest absolute Gasteiger partial charge is 0.0509 e. The number of nitrogens with two attached hydrogens (primary N) is 1. The maximum absolute atomic E-state index is 6.48. The van der Waals surface area contributed by atoms with Crippen LogP contribution in [0, 0.1) is 0 Å². The molecule has 0 amide bonds. The molecule has 1 aromatic rings. The van der Waals surface area contributed by atoms with E-state index in [1.54, 1.807) is 0 Å². The largest absolute Gasteiger partial charge is 0.321 e. The zero-order valence-electron chi connectivity index (χ0n) is 12.0. The van der Waals surface area contributed by atoms with Gasteiger partial charge in [-0.2, -0.15) is 11.8 Å². The lowest BCUT2D eigenvalue weighted by molar-refractivity contribution is 0.204. The van der Waals surface area contributed by atoms with Gasteiger partial charge < -0.3 is 10.6 Å². The van der Waals surface area contributed by atoms with Crippen molar-refractivity contribution in [2.24, 2.45) is 5.73 Å². The van der Waals surface area contributed by atoms with E-state index in [-0.39, 0.29) is 5.54 Å². The second kappa shape index (κ2) is 7.17. The first kappa shape index (κ1) is 15.5. The third kappa shape index (κ3) is 4.30. The first-order chi connectivity index (χ1) is 8.51. The molecule has 0 spiro atoms. The predicted molar refractivity (Wildman–Crippen MR) is 83.1 cm³/mol. The van der Waals surface area contributed by atoms with Crippen molar-refractivity contribution in [3.8, 4) is 0 Å². The molecular weight excluding hydrogens is 240 g/mol. The van der Waals surface area contributed by atoms with Crippen LogP contribution >= 0.6 is 11.8 Å². The third-order valence-electron chi connectivity index (χ3n) is 3.46. The van der Waals surface area contributed by atoms with Crippen molar-refractivity contribution in [2.45, 2.75) is 31.8 Å². The molecule has 102 valence electrons. The lowest BCUT2D eigenvalue weighted by Crippen LogP contribution is -2.47. The average Bonchev–Trinajstić information content (AvgIpc) is 2.36. The van der Waals surface area contributed by atoms with Gasteiger partial charge in [-0.3, -0.25) is 0 Å². The standard InChI is InChI=1S/C15H26N2S/c1-5-14(11-18-4)17(3)12-15(2,16)13-9-7-6-8-10-13/h6-10,14H,5,11-12,16H2,1-4H3. The van der Waals surface area contributed by atoms with E-state index in [1.165, 1.54) is 12.0 Å². The Balaban J connectivity index is 2.70. The van der Waals surface area contributed by atoms with E-state index >= 15 is 0 Å². The summed E-state index contributed by atoms with van der Waals surface area (Å²) in [5, 5.41) is 0. The molecule has 1 rings (SSSR count). The summed E-state index contributed by atoms with van der Waals surface area (Å²) in [6.07, 6.45) is 3.33. The summed E-state index contributed by atoms with van der Waals surface area (Å²) < 4.78 is 0. The normalized spacial score (nSPS) is 16.6. The molecule has 2 unspecified atom stereocenters. The zero-order valence-corrected chi connectivity index (χ0v) is 12.8. The molecule has 0 saturated heterocycles. The van der Waals surface area contributed by atoms with Crippen LogP contribution in [0.3, 0.4) is 0 Å². The molecule has 2 N–H and O–H groups in total. The molecule has 0 aromatic heterocycles. The second-order valence-corrected chi connectivity index (χ2v) is 6.13. The van der Waals surface area contributed by atoms with Crippen molar-refractivity contribution in [3.05, 3.63) is 35.9 Å². The number of hydrogen-bond acceptors (Lipinski definition) is 3. The highest BCUT2D eigenvalue weighted by Crippen LogP contribution is 2.20. The lowest BCUT2D eigenvalue weighted by atomic mass is 9.92. The molecule has 0 saturated carbocycles. The van der Waals surface area contributed by atoms with E-state index in [1.807, 2.05) is 17.8 Å². The van der Waals surface area contributed by atoms with Crippen LogP contribution in [0.2, 0.25) is 0 Å². The van der Waals surface area contributed by atoms with Gasteiger partial charge in [0, 0.05) is 18.3 Å². The highest BCUT2D eigenvalue weighted by atomic mass is 32.2. The van der Waals surface area contributed by atoms with E-state index in [9.17, 15) is 0 Å². The van der Waals surface area contributed by atoms with E-state index in [0.717, 1.165) is 12.3 Å². The monoisotopic (exact) mass is 266 g/mol. The SMILES string of the molecule is CCC(CSC)N(C)CC(C)(N)c1ccccc1. The van der Waals surface area contributed by atoms with Crippen LogP contribution in [-0.2, 0) is 5.54 Å². The van der Waals surface area contributed by atoms with Crippen molar-refractivity contribution in [3.63, 3.8) is 0 Å². The van der Waals surface area contributed by atoms with Crippen molar-refractivity contribution < 1.29 is 0 Å². The first-order valence-corrected chi connectivity index (χ1v) is 7.94. The topological polar surface area (TPSA) is 29.3 Å². The molecule has 18 heavy (non-hydrogen) atoms. The molecule has 1 aromatic carbocycles. The fourth-order valence-corrected chi connectivity index (χ4v) is 3.18. The molecule has 0 aliphatic carbocycles. The molecule has 0 aliphatic rings.